The number of hydrogen-bond donors (Lipinski definition) is 1. The molecule has 0 radical (unpaired) electrons. The van der Waals surface area contributed by atoms with E-state index in [4.69, 9.17) is 32.5 Å². The quantitative estimate of drug-likeness (QED) is 0.485. The van der Waals surface area contributed by atoms with Crippen LogP contribution in [0.5, 0.6) is 5.75 Å². The summed E-state index contributed by atoms with van der Waals surface area (Å²) in [4.78, 5) is 8.82. The fraction of sp³-hybridized carbons (Fsp3) is 0.263. The summed E-state index contributed by atoms with van der Waals surface area (Å²) in [5.74, 6) is 0.883. The number of fused-ring (bicyclic) bond motifs is 1. The van der Waals surface area contributed by atoms with Gasteiger partial charge in [0.2, 0.25) is 5.82 Å². The Balaban J connectivity index is 1.62. The van der Waals surface area contributed by atoms with Crippen molar-refractivity contribution in [1.82, 2.24) is 24.7 Å². The summed E-state index contributed by atoms with van der Waals surface area (Å²) in [6, 6.07) is 6.89. The van der Waals surface area contributed by atoms with Gasteiger partial charge in [-0.2, -0.15) is 10.1 Å². The Morgan fingerprint density at radius 1 is 1.21 bits per heavy atom. The zero-order chi connectivity index (χ0) is 20.5. The number of aryl methyl sites for hydroxylation is 1. The summed E-state index contributed by atoms with van der Waals surface area (Å²) in [7, 11) is 0. The molecular formula is C19H17Cl2N5O3. The largest absolute Gasteiger partial charge is 0.489 e. The van der Waals surface area contributed by atoms with E-state index in [2.05, 4.69) is 20.2 Å². The number of ether oxygens (including phenoxy) is 1. The molecule has 3 aromatic heterocycles. The van der Waals surface area contributed by atoms with Crippen molar-refractivity contribution in [2.45, 2.75) is 26.4 Å². The van der Waals surface area contributed by atoms with E-state index in [1.165, 1.54) is 0 Å². The molecule has 0 aliphatic carbocycles. The van der Waals surface area contributed by atoms with Crippen molar-refractivity contribution >= 4 is 28.8 Å². The van der Waals surface area contributed by atoms with E-state index in [1.807, 2.05) is 26.0 Å². The van der Waals surface area contributed by atoms with Gasteiger partial charge in [-0.05, 0) is 31.5 Å². The molecule has 29 heavy (non-hydrogen) atoms. The number of benzene rings is 1. The molecule has 4 rings (SSSR count). The van der Waals surface area contributed by atoms with E-state index in [0.717, 1.165) is 5.69 Å². The second-order valence-corrected chi connectivity index (χ2v) is 7.28. The van der Waals surface area contributed by atoms with Crippen LogP contribution < -0.4 is 4.74 Å². The number of rotatable bonds is 6. The summed E-state index contributed by atoms with van der Waals surface area (Å²) >= 11 is 12.7. The monoisotopic (exact) mass is 433 g/mol. The minimum atomic E-state index is -0.576. The standard InChI is InChI=1S/C19H17Cl2N5O3/c1-3-11(27)9-28-16-7-13(20)12(6-14(16)21)18-23-19(29-25-18)15-8-26-17(22-15)5-4-10(2)24-26/h4-8,11,27H,3,9H2,1-2H3/t11-/m0/s1. The third kappa shape index (κ3) is 4.05. The van der Waals surface area contributed by atoms with E-state index in [-0.39, 0.29) is 18.3 Å². The van der Waals surface area contributed by atoms with Gasteiger partial charge in [0.05, 0.1) is 28.0 Å². The number of aliphatic hydroxyl groups excluding tert-OH is 1. The van der Waals surface area contributed by atoms with E-state index in [0.29, 0.717) is 39.1 Å². The van der Waals surface area contributed by atoms with Crippen LogP contribution in [-0.2, 0) is 0 Å². The Bertz CT molecular complexity index is 1170. The van der Waals surface area contributed by atoms with Crippen LogP contribution in [0.4, 0.5) is 0 Å². The van der Waals surface area contributed by atoms with Crippen molar-refractivity contribution in [1.29, 1.82) is 0 Å². The van der Waals surface area contributed by atoms with Crippen LogP contribution in [0.2, 0.25) is 10.0 Å². The van der Waals surface area contributed by atoms with E-state index in [9.17, 15) is 5.11 Å². The first-order valence-corrected chi connectivity index (χ1v) is 9.67. The smallest absolute Gasteiger partial charge is 0.278 e. The van der Waals surface area contributed by atoms with Gasteiger partial charge >= 0.3 is 0 Å². The molecule has 4 aromatic rings. The predicted molar refractivity (Wildman–Crippen MR) is 108 cm³/mol. The van der Waals surface area contributed by atoms with E-state index in [1.54, 1.807) is 22.8 Å². The van der Waals surface area contributed by atoms with E-state index >= 15 is 0 Å². The Morgan fingerprint density at radius 2 is 2.03 bits per heavy atom. The first kappa shape index (κ1) is 19.6. The molecule has 0 aliphatic heterocycles. The number of hydrogen-bond acceptors (Lipinski definition) is 7. The van der Waals surface area contributed by atoms with Crippen LogP contribution >= 0.6 is 23.2 Å². The van der Waals surface area contributed by atoms with Gasteiger partial charge in [-0.1, -0.05) is 35.3 Å². The van der Waals surface area contributed by atoms with Crippen LogP contribution in [0.25, 0.3) is 28.6 Å². The van der Waals surface area contributed by atoms with Crippen molar-refractivity contribution in [3.8, 4) is 28.7 Å². The SMILES string of the molecule is CC[C@H](O)COc1cc(Cl)c(-c2noc(-c3cn4nc(C)ccc4n3)n2)cc1Cl. The van der Waals surface area contributed by atoms with Crippen molar-refractivity contribution in [2.24, 2.45) is 0 Å². The number of nitrogens with zero attached hydrogens (tertiary/aromatic N) is 5. The summed E-state index contributed by atoms with van der Waals surface area (Å²) < 4.78 is 12.5. The molecule has 8 nitrogen and oxygen atoms in total. The number of halogens is 2. The maximum atomic E-state index is 9.65. The van der Waals surface area contributed by atoms with Gasteiger partial charge in [-0.25, -0.2) is 9.50 Å². The van der Waals surface area contributed by atoms with Gasteiger partial charge in [-0.15, -0.1) is 0 Å². The maximum Gasteiger partial charge on any atom is 0.278 e. The molecule has 1 N–H and O–H groups in total. The fourth-order valence-corrected chi connectivity index (χ4v) is 3.09. The lowest BCUT2D eigenvalue weighted by molar-refractivity contribution is 0.104. The third-order valence-electron chi connectivity index (χ3n) is 4.26. The molecule has 0 aliphatic rings. The highest BCUT2D eigenvalue weighted by Gasteiger charge is 2.18. The topological polar surface area (TPSA) is 98.6 Å². The molecular weight excluding hydrogens is 417 g/mol. The number of aliphatic hydroxyl groups is 1. The normalized spacial score (nSPS) is 12.4. The summed E-state index contributed by atoms with van der Waals surface area (Å²) in [6.07, 6.45) is 1.71. The van der Waals surface area contributed by atoms with Gasteiger partial charge in [-0.3, -0.25) is 0 Å². The minimum Gasteiger partial charge on any atom is -0.489 e. The number of imidazole rings is 1. The van der Waals surface area contributed by atoms with Crippen molar-refractivity contribution in [3.05, 3.63) is 46.2 Å². The van der Waals surface area contributed by atoms with Gasteiger partial charge in [0, 0.05) is 11.6 Å². The van der Waals surface area contributed by atoms with Crippen molar-refractivity contribution in [3.63, 3.8) is 0 Å². The number of aromatic nitrogens is 5. The Hall–Kier alpha value is -2.68. The zero-order valence-electron chi connectivity index (χ0n) is 15.6. The fourth-order valence-electron chi connectivity index (χ4n) is 2.63. The lowest BCUT2D eigenvalue weighted by Crippen LogP contribution is -2.16. The average Bonchev–Trinajstić information content (AvgIpc) is 3.34. The Labute approximate surface area is 176 Å². The molecule has 0 bridgehead atoms. The predicted octanol–water partition coefficient (Wildman–Crippen LogP) is 4.21. The van der Waals surface area contributed by atoms with Crippen LogP contribution in [0.15, 0.2) is 35.0 Å². The molecule has 3 heterocycles. The molecule has 150 valence electrons. The van der Waals surface area contributed by atoms with Crippen molar-refractivity contribution in [2.75, 3.05) is 6.61 Å². The van der Waals surface area contributed by atoms with Gasteiger partial charge < -0.3 is 14.4 Å². The van der Waals surface area contributed by atoms with Crippen LogP contribution in [0.3, 0.4) is 0 Å². The maximum absolute atomic E-state index is 9.65. The lowest BCUT2D eigenvalue weighted by atomic mass is 10.2. The van der Waals surface area contributed by atoms with Crippen LogP contribution in [-0.4, -0.2) is 42.6 Å². The highest BCUT2D eigenvalue weighted by atomic mass is 35.5. The molecule has 0 amide bonds. The average molecular weight is 434 g/mol. The Morgan fingerprint density at radius 3 is 2.83 bits per heavy atom. The summed E-state index contributed by atoms with van der Waals surface area (Å²) in [5, 5.41) is 18.7. The molecule has 0 unspecified atom stereocenters. The van der Waals surface area contributed by atoms with Crippen LogP contribution in [0, 0.1) is 6.92 Å². The zero-order valence-corrected chi connectivity index (χ0v) is 17.1. The first-order chi connectivity index (χ1) is 13.9. The second-order valence-electron chi connectivity index (χ2n) is 6.46. The summed E-state index contributed by atoms with van der Waals surface area (Å²) in [6.45, 7) is 3.88. The summed E-state index contributed by atoms with van der Waals surface area (Å²) in [5.41, 5.74) is 2.52. The van der Waals surface area contributed by atoms with Crippen molar-refractivity contribution < 1.29 is 14.4 Å². The van der Waals surface area contributed by atoms with Gasteiger partial charge in [0.25, 0.3) is 5.89 Å². The van der Waals surface area contributed by atoms with E-state index < -0.39 is 6.10 Å². The minimum absolute atomic E-state index is 0.125. The molecule has 0 fully saturated rings. The molecule has 0 spiro atoms. The van der Waals surface area contributed by atoms with Crippen LogP contribution in [0.1, 0.15) is 19.0 Å². The Kier molecular flexibility index (Phi) is 5.40. The molecule has 0 saturated carbocycles. The second kappa shape index (κ2) is 7.98. The highest BCUT2D eigenvalue weighted by Crippen LogP contribution is 2.36. The van der Waals surface area contributed by atoms with Gasteiger partial charge in [0.15, 0.2) is 5.65 Å². The molecule has 1 aromatic carbocycles. The third-order valence-corrected chi connectivity index (χ3v) is 4.87. The molecule has 0 saturated heterocycles. The molecule has 10 heteroatoms. The lowest BCUT2D eigenvalue weighted by Gasteiger charge is -2.12. The first-order valence-electron chi connectivity index (χ1n) is 8.92. The van der Waals surface area contributed by atoms with Gasteiger partial charge in [0.1, 0.15) is 18.1 Å². The highest BCUT2D eigenvalue weighted by molar-refractivity contribution is 6.36. The molecule has 1 atom stereocenters.